The first-order valence-electron chi connectivity index (χ1n) is 25.1. The van der Waals surface area contributed by atoms with E-state index in [2.05, 4.69) is 57.9 Å². The molecule has 6 heterocycles. The van der Waals surface area contributed by atoms with Gasteiger partial charge in [-0.3, -0.25) is 9.59 Å². The summed E-state index contributed by atoms with van der Waals surface area (Å²) in [6, 6.07) is 14.6. The Morgan fingerprint density at radius 1 is 0.729 bits per heavy atom. The van der Waals surface area contributed by atoms with Gasteiger partial charge in [0.05, 0.1) is 50.1 Å². The van der Waals surface area contributed by atoms with Crippen LogP contribution in [0, 0.1) is 23.7 Å². The topological polar surface area (TPSA) is 193 Å². The third-order valence-corrected chi connectivity index (χ3v) is 16.5. The van der Waals surface area contributed by atoms with Crippen LogP contribution >= 0.6 is 0 Å². The Labute approximate surface area is 406 Å². The molecule has 12 rings (SSSR count). The number of hydrogen-bond acceptors (Lipinski definition) is 10. The Hall–Kier alpha value is -6.84. The second kappa shape index (κ2) is 17.2. The van der Waals surface area contributed by atoms with Crippen LogP contribution < -0.4 is 20.1 Å². The second-order valence-electron chi connectivity index (χ2n) is 21.0. The molecular weight excluding hydrogens is 889 g/mol. The third kappa shape index (κ3) is 7.56. The molecule has 4 amide bonds. The predicted octanol–water partition coefficient (Wildman–Crippen LogP) is 9.01. The number of H-pyrrole nitrogens is 2. The van der Waals surface area contributed by atoms with Crippen molar-refractivity contribution in [2.24, 2.45) is 23.7 Å². The lowest BCUT2D eigenvalue weighted by Crippen LogP contribution is -2.52. The van der Waals surface area contributed by atoms with E-state index in [4.69, 9.17) is 28.9 Å². The number of methoxy groups -OCH3 is 2. The summed E-state index contributed by atoms with van der Waals surface area (Å²) in [5.74, 6) is 4.21. The zero-order chi connectivity index (χ0) is 48.1. The summed E-state index contributed by atoms with van der Waals surface area (Å²) in [5.41, 5.74) is 9.48. The van der Waals surface area contributed by atoms with E-state index in [-0.39, 0.29) is 41.9 Å². The van der Waals surface area contributed by atoms with Crippen molar-refractivity contribution in [2.45, 2.75) is 128 Å². The lowest BCUT2D eigenvalue weighted by atomic mass is 9.83. The van der Waals surface area contributed by atoms with Crippen LogP contribution in [-0.4, -0.2) is 86.1 Å². The molecule has 3 aromatic carbocycles. The van der Waals surface area contributed by atoms with Crippen molar-refractivity contribution in [3.63, 3.8) is 0 Å². The maximum atomic E-state index is 14.7. The van der Waals surface area contributed by atoms with Gasteiger partial charge in [0.25, 0.3) is 5.91 Å². The predicted molar refractivity (Wildman–Crippen MR) is 257 cm³/mol. The minimum absolute atomic E-state index is 0.0851. The number of hydrogen-bond donors (Lipinski definition) is 4. The number of aromatic amines is 2. The molecule has 0 radical (unpaired) electrons. The lowest BCUT2D eigenvalue weighted by molar-refractivity contribution is -0.137. The van der Waals surface area contributed by atoms with E-state index in [9.17, 15) is 19.2 Å². The summed E-state index contributed by atoms with van der Waals surface area (Å²) >= 11 is 0. The van der Waals surface area contributed by atoms with Crippen LogP contribution in [0.1, 0.15) is 130 Å². The molecule has 0 bridgehead atoms. The number of fused-ring (bicyclic) bond motifs is 2. The van der Waals surface area contributed by atoms with E-state index in [1.54, 1.807) is 0 Å². The van der Waals surface area contributed by atoms with Crippen LogP contribution in [0.5, 0.6) is 11.5 Å². The van der Waals surface area contributed by atoms with Crippen molar-refractivity contribution in [2.75, 3.05) is 14.2 Å². The highest BCUT2D eigenvalue weighted by Crippen LogP contribution is 2.58. The summed E-state index contributed by atoms with van der Waals surface area (Å²) in [5, 5.41) is 5.63. The minimum Gasteiger partial charge on any atom is -0.488 e. The van der Waals surface area contributed by atoms with Gasteiger partial charge in [0.15, 0.2) is 0 Å². The fourth-order valence-electron chi connectivity index (χ4n) is 12.6. The largest absolute Gasteiger partial charge is 0.488 e. The van der Waals surface area contributed by atoms with Crippen LogP contribution in [0.4, 0.5) is 9.59 Å². The Morgan fingerprint density at radius 3 is 1.90 bits per heavy atom. The maximum Gasteiger partial charge on any atom is 0.407 e. The van der Waals surface area contributed by atoms with E-state index in [1.165, 1.54) is 51.9 Å². The van der Waals surface area contributed by atoms with Gasteiger partial charge in [0.1, 0.15) is 48.4 Å². The smallest absolute Gasteiger partial charge is 0.407 e. The molecule has 4 N–H and O–H groups in total. The SMILES string of the molecule is COC(=O)N[C@H](C(=O)N1[C@@H]2[C@H](C)[C@@H]2C[C@H]1c1ncc(-c2cc3c4c(c2)OCc2cc(-c5cnc([C@@H]6C[C@H]7C[C@H]7N6C(=O)[C@H](NC(=O)OC)c6ccc(C7CCCCC7)cc6)[nH]5)cc(c2-4)OC3)[nH]1)C(C)C. The van der Waals surface area contributed by atoms with Crippen LogP contribution in [0.3, 0.4) is 0 Å². The van der Waals surface area contributed by atoms with E-state index in [1.807, 2.05) is 54.2 Å². The number of aromatic nitrogens is 4. The van der Waals surface area contributed by atoms with Crippen LogP contribution in [0.15, 0.2) is 60.9 Å². The van der Waals surface area contributed by atoms with Gasteiger partial charge in [0, 0.05) is 45.5 Å². The average Bonchev–Trinajstić information content (AvgIpc) is 3.83. The highest BCUT2D eigenvalue weighted by atomic mass is 16.5. The number of likely N-dealkylation sites (tertiary alicyclic amines) is 2. The molecule has 16 nitrogen and oxygen atoms in total. The number of alkyl carbamates (subject to hydrolysis) is 2. The summed E-state index contributed by atoms with van der Waals surface area (Å²) in [7, 11) is 2.62. The van der Waals surface area contributed by atoms with Crippen molar-refractivity contribution in [3.8, 4) is 45.1 Å². The van der Waals surface area contributed by atoms with Crippen LogP contribution in [-0.2, 0) is 32.3 Å². The molecule has 0 unspecified atom stereocenters. The standard InChI is InChI=1S/C54H60N8O8/c1-26(2)46(59-53(65)67-4)51(63)62-41(21-36-27(3)48(36)62)50-56-23-38(58-50)32-16-35-25-69-42-19-31(15-34-24-70-43(20-32)45(35)44(34)42)37-22-55-49(57-37)40-18-33-17-39(33)61(40)52(64)47(60-54(66)68-5)30-13-11-29(12-14-30)28-9-7-6-8-10-28/h11-16,19-20,22-23,26-28,33,36,39-41,46-48H,6-10,17-18,21,24-25H2,1-5H3,(H,55,57)(H,56,58)(H,59,65)(H,60,66)/t27-,33-,36+,39-,40+,41+,46+,47-,48-/m1/s1. The number of nitrogens with one attached hydrogen (secondary N) is 4. The van der Waals surface area contributed by atoms with Crippen molar-refractivity contribution in [3.05, 3.63) is 94.8 Å². The molecule has 3 aliphatic carbocycles. The van der Waals surface area contributed by atoms with Gasteiger partial charge < -0.3 is 49.3 Å². The normalized spacial score (nSPS) is 25.4. The molecule has 0 spiro atoms. The quantitative estimate of drug-likeness (QED) is 0.0993. The zero-order valence-electron chi connectivity index (χ0n) is 40.3. The highest BCUT2D eigenvalue weighted by molar-refractivity contribution is 5.90. The van der Waals surface area contributed by atoms with Gasteiger partial charge in [-0.1, -0.05) is 64.3 Å². The number of nitrogens with zero attached hydrogens (tertiary/aromatic N) is 4. The number of ether oxygens (including phenoxy) is 4. The van der Waals surface area contributed by atoms with Crippen molar-refractivity contribution in [1.82, 2.24) is 40.4 Å². The molecule has 5 fully saturated rings. The molecule has 70 heavy (non-hydrogen) atoms. The first kappa shape index (κ1) is 44.4. The Bertz CT molecular complexity index is 2850. The van der Waals surface area contributed by atoms with Crippen molar-refractivity contribution in [1.29, 1.82) is 0 Å². The summed E-state index contributed by atoms with van der Waals surface area (Å²) in [6.45, 7) is 6.70. The zero-order valence-corrected chi connectivity index (χ0v) is 40.3. The van der Waals surface area contributed by atoms with Gasteiger partial charge in [-0.2, -0.15) is 0 Å². The average molecular weight is 949 g/mol. The summed E-state index contributed by atoms with van der Waals surface area (Å²) in [6.07, 6.45) is 11.0. The van der Waals surface area contributed by atoms with Crippen molar-refractivity contribution >= 4 is 24.0 Å². The van der Waals surface area contributed by atoms with E-state index < -0.39 is 24.3 Å². The minimum atomic E-state index is -0.896. The molecule has 364 valence electrons. The van der Waals surface area contributed by atoms with Crippen molar-refractivity contribution < 1.29 is 38.1 Å². The molecule has 2 saturated heterocycles. The number of carbonyl (C=O) groups excluding carboxylic acids is 4. The number of rotatable bonds is 11. The number of amides is 4. The number of benzene rings is 3. The molecule has 7 aliphatic rings. The molecule has 3 saturated carbocycles. The first-order valence-corrected chi connectivity index (χ1v) is 25.1. The highest BCUT2D eigenvalue weighted by Gasteiger charge is 2.62. The van der Waals surface area contributed by atoms with Gasteiger partial charge in [0.2, 0.25) is 5.91 Å². The molecule has 9 atom stereocenters. The molecule has 4 aliphatic heterocycles. The van der Waals surface area contributed by atoms with Gasteiger partial charge in [-0.05, 0) is 97.1 Å². The fourth-order valence-corrected chi connectivity index (χ4v) is 12.6. The van der Waals surface area contributed by atoms with Gasteiger partial charge in [-0.25, -0.2) is 19.6 Å². The Balaban J connectivity index is 0.779. The lowest BCUT2D eigenvalue weighted by Gasteiger charge is -2.32. The molecular formula is C54H60N8O8. The van der Waals surface area contributed by atoms with E-state index in [0.717, 1.165) is 81.1 Å². The fraction of sp³-hybridized carbons (Fsp3) is 0.481. The Morgan fingerprint density at radius 2 is 1.31 bits per heavy atom. The second-order valence-corrected chi connectivity index (χ2v) is 21.0. The molecule has 2 aromatic heterocycles. The van der Waals surface area contributed by atoms with Gasteiger partial charge in [-0.15, -0.1) is 0 Å². The maximum absolute atomic E-state index is 14.7. The van der Waals surface area contributed by atoms with E-state index in [0.29, 0.717) is 48.5 Å². The monoisotopic (exact) mass is 948 g/mol. The third-order valence-electron chi connectivity index (χ3n) is 16.5. The summed E-state index contributed by atoms with van der Waals surface area (Å²) < 4.78 is 22.9. The molecule has 16 heteroatoms. The summed E-state index contributed by atoms with van der Waals surface area (Å²) in [4.78, 5) is 74.5. The van der Waals surface area contributed by atoms with Crippen LogP contribution in [0.25, 0.3) is 33.6 Å². The Kier molecular flexibility index (Phi) is 10.9. The van der Waals surface area contributed by atoms with Gasteiger partial charge >= 0.3 is 12.2 Å². The number of piperidine rings is 2. The van der Waals surface area contributed by atoms with Crippen LogP contribution in [0.2, 0.25) is 0 Å². The first-order chi connectivity index (χ1) is 34.0. The number of carbonyl (C=O) groups is 4. The van der Waals surface area contributed by atoms with E-state index >= 15 is 0 Å². The number of imidazole rings is 2. The molecule has 5 aromatic rings.